The van der Waals surface area contributed by atoms with Crippen LogP contribution in [0.2, 0.25) is 0 Å². The van der Waals surface area contributed by atoms with E-state index >= 15 is 0 Å². The molecule has 0 saturated heterocycles. The Labute approximate surface area is 108 Å². The zero-order chi connectivity index (χ0) is 13.0. The van der Waals surface area contributed by atoms with Crippen molar-refractivity contribution in [1.29, 1.82) is 0 Å². The lowest BCUT2D eigenvalue weighted by Crippen LogP contribution is -2.17. The molecular formula is C15H20N2O. The van der Waals surface area contributed by atoms with Gasteiger partial charge in [0.25, 0.3) is 0 Å². The van der Waals surface area contributed by atoms with E-state index in [9.17, 15) is 0 Å². The summed E-state index contributed by atoms with van der Waals surface area (Å²) in [6.07, 6.45) is 1.71. The van der Waals surface area contributed by atoms with E-state index in [0.29, 0.717) is 0 Å². The minimum Gasteiger partial charge on any atom is -0.468 e. The third kappa shape index (κ3) is 3.14. The summed E-state index contributed by atoms with van der Waals surface area (Å²) in [6, 6.07) is 12.7. The van der Waals surface area contributed by atoms with E-state index in [1.54, 1.807) is 6.26 Å². The fourth-order valence-electron chi connectivity index (χ4n) is 1.82. The summed E-state index contributed by atoms with van der Waals surface area (Å²) in [4.78, 5) is 2.10. The van der Waals surface area contributed by atoms with E-state index in [4.69, 9.17) is 4.42 Å². The molecule has 0 aliphatic rings. The van der Waals surface area contributed by atoms with Crippen molar-refractivity contribution in [3.8, 4) is 0 Å². The second-order valence-electron chi connectivity index (χ2n) is 4.68. The van der Waals surface area contributed by atoms with Gasteiger partial charge in [-0.05, 0) is 36.8 Å². The van der Waals surface area contributed by atoms with Crippen LogP contribution in [0, 0.1) is 0 Å². The van der Waals surface area contributed by atoms with Gasteiger partial charge in [0.2, 0.25) is 0 Å². The summed E-state index contributed by atoms with van der Waals surface area (Å²) in [5.74, 6) is 0.972. The lowest BCUT2D eigenvalue weighted by Gasteiger charge is -2.14. The maximum absolute atomic E-state index is 5.37. The molecule has 0 aliphatic heterocycles. The van der Waals surface area contributed by atoms with E-state index in [0.717, 1.165) is 12.3 Å². The van der Waals surface area contributed by atoms with E-state index in [-0.39, 0.29) is 6.04 Å². The number of nitrogens with zero attached hydrogens (tertiary/aromatic N) is 1. The molecule has 0 saturated carbocycles. The van der Waals surface area contributed by atoms with Gasteiger partial charge >= 0.3 is 0 Å². The van der Waals surface area contributed by atoms with Crippen molar-refractivity contribution in [2.24, 2.45) is 0 Å². The Kier molecular flexibility index (Phi) is 4.05. The number of nitrogens with one attached hydrogen (secondary N) is 1. The Balaban J connectivity index is 1.90. The van der Waals surface area contributed by atoms with E-state index < -0.39 is 0 Å². The first kappa shape index (κ1) is 12.7. The predicted molar refractivity (Wildman–Crippen MR) is 74.7 cm³/mol. The number of hydrogen-bond acceptors (Lipinski definition) is 3. The highest BCUT2D eigenvalue weighted by Crippen LogP contribution is 2.15. The fourth-order valence-corrected chi connectivity index (χ4v) is 1.82. The highest BCUT2D eigenvalue weighted by molar-refractivity contribution is 5.45. The second-order valence-corrected chi connectivity index (χ2v) is 4.68. The molecule has 1 aromatic carbocycles. The first-order valence-electron chi connectivity index (χ1n) is 6.20. The Hall–Kier alpha value is -1.74. The number of anilines is 1. The van der Waals surface area contributed by atoms with Crippen molar-refractivity contribution in [3.63, 3.8) is 0 Å². The Bertz CT molecular complexity index is 460. The van der Waals surface area contributed by atoms with Gasteiger partial charge in [-0.2, -0.15) is 0 Å². The van der Waals surface area contributed by atoms with Crippen molar-refractivity contribution in [2.45, 2.75) is 19.5 Å². The van der Waals surface area contributed by atoms with Crippen molar-refractivity contribution in [2.75, 3.05) is 19.0 Å². The second kappa shape index (κ2) is 5.74. The lowest BCUT2D eigenvalue weighted by atomic mass is 10.2. The van der Waals surface area contributed by atoms with Gasteiger partial charge in [0, 0.05) is 26.3 Å². The number of furan rings is 1. The molecule has 96 valence electrons. The molecule has 0 amide bonds. The first-order chi connectivity index (χ1) is 8.66. The van der Waals surface area contributed by atoms with E-state index in [1.807, 2.05) is 26.2 Å². The quantitative estimate of drug-likeness (QED) is 0.875. The number of rotatable bonds is 5. The van der Waals surface area contributed by atoms with Crippen LogP contribution in [0.3, 0.4) is 0 Å². The van der Waals surface area contributed by atoms with Crippen molar-refractivity contribution >= 4 is 5.69 Å². The van der Waals surface area contributed by atoms with Crippen LogP contribution in [0.4, 0.5) is 5.69 Å². The van der Waals surface area contributed by atoms with Gasteiger partial charge in [0.15, 0.2) is 0 Å². The molecule has 1 N–H and O–H groups in total. The van der Waals surface area contributed by atoms with Gasteiger partial charge in [-0.15, -0.1) is 0 Å². The monoisotopic (exact) mass is 244 g/mol. The maximum Gasteiger partial charge on any atom is 0.120 e. The summed E-state index contributed by atoms with van der Waals surface area (Å²) < 4.78 is 5.37. The van der Waals surface area contributed by atoms with Crippen molar-refractivity contribution in [3.05, 3.63) is 54.0 Å². The molecule has 0 fully saturated rings. The predicted octanol–water partition coefficient (Wildman–Crippen LogP) is 3.20. The molecule has 2 aromatic rings. The summed E-state index contributed by atoms with van der Waals surface area (Å²) in [5.41, 5.74) is 2.50. The highest BCUT2D eigenvalue weighted by Gasteiger charge is 2.06. The van der Waals surface area contributed by atoms with Crippen LogP contribution in [-0.2, 0) is 6.54 Å². The Morgan fingerprint density at radius 3 is 2.44 bits per heavy atom. The summed E-state index contributed by atoms with van der Waals surface area (Å²) >= 11 is 0. The SMILES string of the molecule is C[C@H](NCc1ccc(N(C)C)cc1)c1ccco1. The molecule has 3 nitrogen and oxygen atoms in total. The lowest BCUT2D eigenvalue weighted by molar-refractivity contribution is 0.430. The van der Waals surface area contributed by atoms with Gasteiger partial charge in [0.05, 0.1) is 12.3 Å². The molecule has 1 atom stereocenters. The van der Waals surface area contributed by atoms with Gasteiger partial charge in [-0.25, -0.2) is 0 Å². The molecule has 0 unspecified atom stereocenters. The van der Waals surface area contributed by atoms with Crippen LogP contribution >= 0.6 is 0 Å². The normalized spacial score (nSPS) is 12.4. The molecule has 0 radical (unpaired) electrons. The minimum atomic E-state index is 0.230. The molecule has 0 spiro atoms. The Morgan fingerprint density at radius 1 is 1.17 bits per heavy atom. The summed E-state index contributed by atoms with van der Waals surface area (Å²) in [6.45, 7) is 2.95. The molecule has 0 bridgehead atoms. The maximum atomic E-state index is 5.37. The van der Waals surface area contributed by atoms with E-state index in [1.165, 1.54) is 11.3 Å². The van der Waals surface area contributed by atoms with Gasteiger partial charge in [-0.3, -0.25) is 0 Å². The third-order valence-electron chi connectivity index (χ3n) is 3.04. The standard InChI is InChI=1S/C15H20N2O/c1-12(15-5-4-10-18-15)16-11-13-6-8-14(9-7-13)17(2)3/h4-10,12,16H,11H2,1-3H3/t12-/m0/s1. The minimum absolute atomic E-state index is 0.230. The van der Waals surface area contributed by atoms with Crippen LogP contribution in [0.5, 0.6) is 0 Å². The summed E-state index contributed by atoms with van der Waals surface area (Å²) in [7, 11) is 4.10. The number of hydrogen-bond donors (Lipinski definition) is 1. The van der Waals surface area contributed by atoms with Crippen LogP contribution in [0.15, 0.2) is 47.1 Å². The average molecular weight is 244 g/mol. The Morgan fingerprint density at radius 2 is 1.89 bits per heavy atom. The van der Waals surface area contributed by atoms with Crippen LogP contribution in [-0.4, -0.2) is 14.1 Å². The topological polar surface area (TPSA) is 28.4 Å². The molecule has 0 aliphatic carbocycles. The molecule has 18 heavy (non-hydrogen) atoms. The molecule has 2 rings (SSSR count). The molecule has 1 heterocycles. The van der Waals surface area contributed by atoms with Gasteiger partial charge in [-0.1, -0.05) is 12.1 Å². The number of benzene rings is 1. The first-order valence-corrected chi connectivity index (χ1v) is 6.20. The van der Waals surface area contributed by atoms with Crippen LogP contribution in [0.25, 0.3) is 0 Å². The van der Waals surface area contributed by atoms with Gasteiger partial charge in [0.1, 0.15) is 5.76 Å². The average Bonchev–Trinajstić information content (AvgIpc) is 2.90. The van der Waals surface area contributed by atoms with Crippen molar-refractivity contribution in [1.82, 2.24) is 5.32 Å². The fraction of sp³-hybridized carbons (Fsp3) is 0.333. The van der Waals surface area contributed by atoms with Crippen molar-refractivity contribution < 1.29 is 4.42 Å². The van der Waals surface area contributed by atoms with Crippen LogP contribution < -0.4 is 10.2 Å². The van der Waals surface area contributed by atoms with Gasteiger partial charge < -0.3 is 14.6 Å². The van der Waals surface area contributed by atoms with Crippen LogP contribution in [0.1, 0.15) is 24.3 Å². The summed E-state index contributed by atoms with van der Waals surface area (Å²) in [5, 5.41) is 3.44. The third-order valence-corrected chi connectivity index (χ3v) is 3.04. The molecule has 3 heteroatoms. The molecule has 1 aromatic heterocycles. The highest BCUT2D eigenvalue weighted by atomic mass is 16.3. The zero-order valence-corrected chi connectivity index (χ0v) is 11.2. The van der Waals surface area contributed by atoms with E-state index in [2.05, 4.69) is 41.4 Å². The largest absolute Gasteiger partial charge is 0.468 e. The zero-order valence-electron chi connectivity index (χ0n) is 11.2. The molecular weight excluding hydrogens is 224 g/mol. The smallest absolute Gasteiger partial charge is 0.120 e.